The van der Waals surface area contributed by atoms with Crippen LogP contribution >= 0.6 is 0 Å². The summed E-state index contributed by atoms with van der Waals surface area (Å²) in [6.07, 6.45) is 3.37. The highest BCUT2D eigenvalue weighted by Gasteiger charge is 2.17. The zero-order chi connectivity index (χ0) is 15.9. The summed E-state index contributed by atoms with van der Waals surface area (Å²) in [4.78, 5) is 27.3. The Bertz CT molecular complexity index is 644. The maximum atomic E-state index is 12.9. The van der Waals surface area contributed by atoms with Gasteiger partial charge in [0.05, 0.1) is 5.92 Å². The van der Waals surface area contributed by atoms with E-state index in [1.54, 1.807) is 24.3 Å². The molecular weight excluding hydrogens is 285 g/mol. The van der Waals surface area contributed by atoms with Crippen LogP contribution in [0.3, 0.4) is 0 Å². The van der Waals surface area contributed by atoms with Crippen LogP contribution < -0.4 is 11.1 Å². The number of carbonyl (C=O) groups excluding carboxylic acids is 2. The van der Waals surface area contributed by atoms with Crippen molar-refractivity contribution in [2.75, 3.05) is 6.54 Å². The molecule has 0 aliphatic carbocycles. The summed E-state index contributed by atoms with van der Waals surface area (Å²) in [5.74, 6) is -1.71. The Morgan fingerprint density at radius 3 is 2.36 bits per heavy atom. The van der Waals surface area contributed by atoms with Gasteiger partial charge < -0.3 is 11.1 Å². The number of nitrogens with two attached hydrogens (primary N) is 1. The lowest BCUT2D eigenvalue weighted by molar-refractivity contribution is -0.121. The number of carbonyl (C=O) groups is 2. The van der Waals surface area contributed by atoms with Crippen molar-refractivity contribution < 1.29 is 14.0 Å². The molecular formula is C16H16FN3O2. The number of aromatic nitrogens is 1. The van der Waals surface area contributed by atoms with Crippen LogP contribution in [0.25, 0.3) is 0 Å². The first-order chi connectivity index (χ1) is 10.6. The van der Waals surface area contributed by atoms with Gasteiger partial charge in [-0.05, 0) is 36.2 Å². The topological polar surface area (TPSA) is 85.1 Å². The third-order valence-electron chi connectivity index (χ3n) is 3.25. The molecule has 2 amide bonds. The van der Waals surface area contributed by atoms with Crippen molar-refractivity contribution in [3.8, 4) is 0 Å². The van der Waals surface area contributed by atoms with Crippen LogP contribution in [-0.2, 0) is 11.2 Å². The number of halogens is 1. The van der Waals surface area contributed by atoms with Gasteiger partial charge >= 0.3 is 0 Å². The number of hydrogen-bond donors (Lipinski definition) is 2. The van der Waals surface area contributed by atoms with Crippen molar-refractivity contribution in [3.63, 3.8) is 0 Å². The van der Waals surface area contributed by atoms with Crippen LogP contribution in [0.15, 0.2) is 48.8 Å². The van der Waals surface area contributed by atoms with E-state index in [0.29, 0.717) is 12.0 Å². The first-order valence-corrected chi connectivity index (χ1v) is 6.78. The van der Waals surface area contributed by atoms with Gasteiger partial charge in [-0.2, -0.15) is 0 Å². The molecule has 114 valence electrons. The minimum absolute atomic E-state index is 0.119. The fourth-order valence-electron chi connectivity index (χ4n) is 2.00. The summed E-state index contributed by atoms with van der Waals surface area (Å²) in [6, 6.07) is 8.99. The van der Waals surface area contributed by atoms with E-state index in [1.807, 2.05) is 0 Å². The number of hydrogen-bond acceptors (Lipinski definition) is 3. The summed E-state index contributed by atoms with van der Waals surface area (Å²) in [6.45, 7) is 0.119. The highest BCUT2D eigenvalue weighted by Crippen LogP contribution is 2.10. The highest BCUT2D eigenvalue weighted by molar-refractivity contribution is 5.94. The van der Waals surface area contributed by atoms with Gasteiger partial charge in [0.2, 0.25) is 5.91 Å². The average molecular weight is 301 g/mol. The first kappa shape index (κ1) is 15.6. The number of rotatable bonds is 6. The van der Waals surface area contributed by atoms with E-state index < -0.39 is 11.8 Å². The van der Waals surface area contributed by atoms with Gasteiger partial charge in [0.1, 0.15) is 5.82 Å². The Labute approximate surface area is 127 Å². The summed E-state index contributed by atoms with van der Waals surface area (Å²) in [5.41, 5.74) is 6.60. The monoisotopic (exact) mass is 301 g/mol. The van der Waals surface area contributed by atoms with E-state index in [2.05, 4.69) is 10.3 Å². The van der Waals surface area contributed by atoms with Gasteiger partial charge in [0.15, 0.2) is 0 Å². The number of pyridine rings is 1. The second-order valence-electron chi connectivity index (χ2n) is 4.88. The molecule has 1 atom stereocenters. The average Bonchev–Trinajstić information content (AvgIpc) is 2.53. The van der Waals surface area contributed by atoms with Crippen molar-refractivity contribution in [2.45, 2.75) is 6.42 Å². The van der Waals surface area contributed by atoms with Crippen molar-refractivity contribution in [1.82, 2.24) is 10.3 Å². The molecule has 0 spiro atoms. The molecule has 1 aromatic heterocycles. The molecule has 5 nitrogen and oxygen atoms in total. The molecule has 0 saturated carbocycles. The lowest BCUT2D eigenvalue weighted by Crippen LogP contribution is -2.37. The minimum atomic E-state index is -0.559. The zero-order valence-electron chi connectivity index (χ0n) is 11.8. The largest absolute Gasteiger partial charge is 0.369 e. The molecule has 22 heavy (non-hydrogen) atoms. The third kappa shape index (κ3) is 4.37. The number of nitrogens with one attached hydrogen (secondary N) is 1. The Morgan fingerprint density at radius 2 is 1.77 bits per heavy atom. The van der Waals surface area contributed by atoms with Crippen molar-refractivity contribution >= 4 is 11.8 Å². The standard InChI is InChI=1S/C16H16FN3O2/c17-14-3-1-11(2-4-14)9-13(15(18)21)10-20-16(22)12-5-7-19-8-6-12/h1-8,13H,9-10H2,(H2,18,21)(H,20,22). The molecule has 1 unspecified atom stereocenters. The SMILES string of the molecule is NC(=O)C(CNC(=O)c1ccncc1)Cc1ccc(F)cc1. The number of nitrogens with zero attached hydrogens (tertiary/aromatic N) is 1. The molecule has 1 heterocycles. The van der Waals surface area contributed by atoms with E-state index >= 15 is 0 Å². The molecule has 0 radical (unpaired) electrons. The van der Waals surface area contributed by atoms with Gasteiger partial charge in [-0.3, -0.25) is 14.6 Å². The van der Waals surface area contributed by atoms with E-state index in [4.69, 9.17) is 5.73 Å². The number of benzene rings is 1. The fourth-order valence-corrected chi connectivity index (χ4v) is 2.00. The van der Waals surface area contributed by atoms with Gasteiger partial charge in [0.25, 0.3) is 5.91 Å². The molecule has 0 bridgehead atoms. The van der Waals surface area contributed by atoms with Gasteiger partial charge in [-0.15, -0.1) is 0 Å². The fraction of sp³-hybridized carbons (Fsp3) is 0.188. The maximum Gasteiger partial charge on any atom is 0.251 e. The summed E-state index contributed by atoms with van der Waals surface area (Å²) >= 11 is 0. The Hall–Kier alpha value is -2.76. The molecule has 0 fully saturated rings. The molecule has 1 aromatic carbocycles. The van der Waals surface area contributed by atoms with Crippen LogP contribution in [0.4, 0.5) is 4.39 Å². The molecule has 2 rings (SSSR count). The van der Waals surface area contributed by atoms with Crippen LogP contribution in [-0.4, -0.2) is 23.3 Å². The molecule has 0 aliphatic heterocycles. The lowest BCUT2D eigenvalue weighted by atomic mass is 9.98. The number of primary amides is 1. The van der Waals surface area contributed by atoms with Gasteiger partial charge in [-0.1, -0.05) is 12.1 Å². The Kier molecular flexibility index (Phi) is 5.19. The van der Waals surface area contributed by atoms with E-state index in [0.717, 1.165) is 5.56 Å². The summed E-state index contributed by atoms with van der Waals surface area (Å²) in [7, 11) is 0. The summed E-state index contributed by atoms with van der Waals surface area (Å²) < 4.78 is 12.9. The van der Waals surface area contributed by atoms with E-state index in [1.165, 1.54) is 24.5 Å². The van der Waals surface area contributed by atoms with Crippen molar-refractivity contribution in [1.29, 1.82) is 0 Å². The number of amides is 2. The minimum Gasteiger partial charge on any atom is -0.369 e. The maximum absolute atomic E-state index is 12.9. The smallest absolute Gasteiger partial charge is 0.251 e. The Balaban J connectivity index is 1.96. The third-order valence-corrected chi connectivity index (χ3v) is 3.25. The van der Waals surface area contributed by atoms with Crippen LogP contribution in [0.1, 0.15) is 15.9 Å². The predicted molar refractivity (Wildman–Crippen MR) is 79.4 cm³/mol. The summed E-state index contributed by atoms with van der Waals surface area (Å²) in [5, 5.41) is 2.67. The molecule has 0 saturated heterocycles. The second-order valence-corrected chi connectivity index (χ2v) is 4.88. The quantitative estimate of drug-likeness (QED) is 0.843. The molecule has 6 heteroatoms. The zero-order valence-corrected chi connectivity index (χ0v) is 11.8. The first-order valence-electron chi connectivity index (χ1n) is 6.78. The van der Waals surface area contributed by atoms with Crippen LogP contribution in [0.2, 0.25) is 0 Å². The van der Waals surface area contributed by atoms with Gasteiger partial charge in [0, 0.05) is 24.5 Å². The van der Waals surface area contributed by atoms with Crippen molar-refractivity contribution in [2.24, 2.45) is 11.7 Å². The lowest BCUT2D eigenvalue weighted by Gasteiger charge is -2.14. The highest BCUT2D eigenvalue weighted by atomic mass is 19.1. The van der Waals surface area contributed by atoms with E-state index in [-0.39, 0.29) is 18.3 Å². The Morgan fingerprint density at radius 1 is 1.14 bits per heavy atom. The second kappa shape index (κ2) is 7.31. The van der Waals surface area contributed by atoms with Crippen LogP contribution in [0, 0.1) is 11.7 Å². The van der Waals surface area contributed by atoms with E-state index in [9.17, 15) is 14.0 Å². The van der Waals surface area contributed by atoms with Crippen LogP contribution in [0.5, 0.6) is 0 Å². The molecule has 0 aliphatic rings. The van der Waals surface area contributed by atoms with Crippen molar-refractivity contribution in [3.05, 3.63) is 65.7 Å². The van der Waals surface area contributed by atoms with Gasteiger partial charge in [-0.25, -0.2) is 4.39 Å². The molecule has 3 N–H and O–H groups in total. The predicted octanol–water partition coefficient (Wildman–Crippen LogP) is 1.29. The normalized spacial score (nSPS) is 11.7. The molecule has 2 aromatic rings.